The quantitative estimate of drug-likeness (QED) is 0.512. The van der Waals surface area contributed by atoms with Gasteiger partial charge in [0.15, 0.2) is 23.3 Å². The first-order valence-electron chi connectivity index (χ1n) is 5.72. The van der Waals surface area contributed by atoms with E-state index in [4.69, 9.17) is 5.11 Å². The summed E-state index contributed by atoms with van der Waals surface area (Å²) in [6.07, 6.45) is 0. The van der Waals surface area contributed by atoms with Gasteiger partial charge in [-0.15, -0.1) is 0 Å². The number of hydrogen-bond donors (Lipinski definition) is 1. The van der Waals surface area contributed by atoms with Gasteiger partial charge in [-0.05, 0) is 12.5 Å². The summed E-state index contributed by atoms with van der Waals surface area (Å²) in [4.78, 5) is 10.9. The molecule has 2 aromatic rings. The molecule has 0 spiro atoms. The molecule has 0 unspecified atom stereocenters. The fourth-order valence-electron chi connectivity index (χ4n) is 1.97. The minimum atomic E-state index is -2.38. The molecule has 1 N–H and O–H groups in total. The molecule has 0 heterocycles. The SMILES string of the molecule is Cc1ccc(-c2c(F)c(F)c(F)c(F)c2F)c(F)c1C(=O)O. The number of hydrogen-bond acceptors (Lipinski definition) is 1. The highest BCUT2D eigenvalue weighted by atomic mass is 19.2. The summed E-state index contributed by atoms with van der Waals surface area (Å²) in [6, 6.07) is 1.75. The van der Waals surface area contributed by atoms with E-state index in [1.807, 2.05) is 0 Å². The molecule has 0 saturated carbocycles. The van der Waals surface area contributed by atoms with E-state index in [1.165, 1.54) is 6.92 Å². The summed E-state index contributed by atoms with van der Waals surface area (Å²) in [7, 11) is 0. The van der Waals surface area contributed by atoms with Crippen LogP contribution in [-0.4, -0.2) is 11.1 Å². The number of carboxylic acids is 1. The second-order valence-corrected chi connectivity index (χ2v) is 4.37. The second-order valence-electron chi connectivity index (χ2n) is 4.37. The lowest BCUT2D eigenvalue weighted by atomic mass is 9.97. The van der Waals surface area contributed by atoms with Crippen LogP contribution in [0.3, 0.4) is 0 Å². The number of carboxylic acid groups (broad SMARTS) is 1. The number of aromatic carboxylic acids is 1. The minimum Gasteiger partial charge on any atom is -0.478 e. The lowest BCUT2D eigenvalue weighted by molar-refractivity contribution is 0.0691. The molecule has 0 aliphatic rings. The van der Waals surface area contributed by atoms with Crippen molar-refractivity contribution in [2.24, 2.45) is 0 Å². The van der Waals surface area contributed by atoms with Crippen molar-refractivity contribution in [2.75, 3.05) is 0 Å². The van der Waals surface area contributed by atoms with Gasteiger partial charge in [-0.2, -0.15) is 0 Å². The van der Waals surface area contributed by atoms with Gasteiger partial charge in [-0.25, -0.2) is 31.1 Å². The number of rotatable bonds is 2. The van der Waals surface area contributed by atoms with Crippen molar-refractivity contribution >= 4 is 5.97 Å². The third kappa shape index (κ3) is 2.20. The van der Waals surface area contributed by atoms with Gasteiger partial charge in [0.25, 0.3) is 0 Å². The van der Waals surface area contributed by atoms with Gasteiger partial charge in [0.2, 0.25) is 5.82 Å². The van der Waals surface area contributed by atoms with Crippen molar-refractivity contribution in [1.29, 1.82) is 0 Å². The smallest absolute Gasteiger partial charge is 0.338 e. The van der Waals surface area contributed by atoms with Crippen LogP contribution in [0.5, 0.6) is 0 Å². The standard InChI is InChI=1S/C14H6F6O2/c1-4-2-3-5(8(15)6(4)14(21)22)7-9(16)11(18)13(20)12(19)10(7)17/h2-3H,1H3,(H,21,22). The molecule has 2 rings (SSSR count). The molecular weight excluding hydrogens is 314 g/mol. The molecule has 2 nitrogen and oxygen atoms in total. The van der Waals surface area contributed by atoms with Crippen LogP contribution in [0.4, 0.5) is 26.3 Å². The second kappa shape index (κ2) is 5.36. The van der Waals surface area contributed by atoms with Crippen LogP contribution in [0.15, 0.2) is 12.1 Å². The lowest BCUT2D eigenvalue weighted by Crippen LogP contribution is -2.09. The molecule has 116 valence electrons. The molecular formula is C14H6F6O2. The highest BCUT2D eigenvalue weighted by molar-refractivity contribution is 5.91. The van der Waals surface area contributed by atoms with Crippen LogP contribution in [0.25, 0.3) is 11.1 Å². The van der Waals surface area contributed by atoms with Gasteiger partial charge < -0.3 is 5.11 Å². The van der Waals surface area contributed by atoms with Crippen LogP contribution < -0.4 is 0 Å². The molecule has 0 amide bonds. The number of benzene rings is 2. The van der Waals surface area contributed by atoms with Crippen molar-refractivity contribution in [2.45, 2.75) is 6.92 Å². The molecule has 0 saturated heterocycles. The van der Waals surface area contributed by atoms with Gasteiger partial charge in [-0.3, -0.25) is 0 Å². The van der Waals surface area contributed by atoms with Crippen molar-refractivity contribution in [1.82, 2.24) is 0 Å². The van der Waals surface area contributed by atoms with E-state index in [0.29, 0.717) is 0 Å². The van der Waals surface area contributed by atoms with Crippen LogP contribution in [0.1, 0.15) is 15.9 Å². The molecule has 0 aromatic heterocycles. The molecule has 0 aliphatic heterocycles. The van der Waals surface area contributed by atoms with Crippen LogP contribution in [0, 0.1) is 41.8 Å². The number of carbonyl (C=O) groups is 1. The molecule has 2 aromatic carbocycles. The fraction of sp³-hybridized carbons (Fsp3) is 0.0714. The van der Waals surface area contributed by atoms with E-state index in [0.717, 1.165) is 12.1 Å². The zero-order chi connectivity index (χ0) is 16.8. The summed E-state index contributed by atoms with van der Waals surface area (Å²) in [6.45, 7) is 1.22. The summed E-state index contributed by atoms with van der Waals surface area (Å²) in [5.41, 5.74) is -3.54. The Balaban J connectivity index is 2.90. The predicted molar refractivity (Wildman–Crippen MR) is 63.3 cm³/mol. The monoisotopic (exact) mass is 320 g/mol. The fourth-order valence-corrected chi connectivity index (χ4v) is 1.97. The largest absolute Gasteiger partial charge is 0.478 e. The maximum Gasteiger partial charge on any atom is 0.338 e. The lowest BCUT2D eigenvalue weighted by Gasteiger charge is -2.12. The van der Waals surface area contributed by atoms with Crippen molar-refractivity contribution < 1.29 is 36.2 Å². The van der Waals surface area contributed by atoms with Gasteiger partial charge >= 0.3 is 5.97 Å². The van der Waals surface area contributed by atoms with Crippen LogP contribution >= 0.6 is 0 Å². The molecule has 0 atom stereocenters. The van der Waals surface area contributed by atoms with Crippen molar-refractivity contribution in [3.8, 4) is 11.1 Å². The Hall–Kier alpha value is -2.51. The third-order valence-corrected chi connectivity index (χ3v) is 3.04. The van der Waals surface area contributed by atoms with E-state index >= 15 is 0 Å². The normalized spacial score (nSPS) is 10.9. The Morgan fingerprint density at radius 2 is 1.27 bits per heavy atom. The Morgan fingerprint density at radius 3 is 1.73 bits per heavy atom. The van der Waals surface area contributed by atoms with E-state index in [2.05, 4.69) is 0 Å². The third-order valence-electron chi connectivity index (χ3n) is 3.04. The van der Waals surface area contributed by atoms with Crippen LogP contribution in [-0.2, 0) is 0 Å². The van der Waals surface area contributed by atoms with E-state index < -0.39 is 57.6 Å². The van der Waals surface area contributed by atoms with Crippen molar-refractivity contribution in [3.05, 3.63) is 58.2 Å². The molecule has 0 aliphatic carbocycles. The average molecular weight is 320 g/mol. The summed E-state index contributed by atoms with van der Waals surface area (Å²) >= 11 is 0. The molecule has 22 heavy (non-hydrogen) atoms. The Morgan fingerprint density at radius 1 is 0.818 bits per heavy atom. The Kier molecular flexibility index (Phi) is 3.87. The average Bonchev–Trinajstić information content (AvgIpc) is 2.45. The maximum absolute atomic E-state index is 14.1. The van der Waals surface area contributed by atoms with E-state index in [9.17, 15) is 31.1 Å². The zero-order valence-corrected chi connectivity index (χ0v) is 10.8. The van der Waals surface area contributed by atoms with Gasteiger partial charge in [0, 0.05) is 5.56 Å². The topological polar surface area (TPSA) is 37.3 Å². The first-order valence-corrected chi connectivity index (χ1v) is 5.72. The van der Waals surface area contributed by atoms with E-state index in [1.54, 1.807) is 0 Å². The summed E-state index contributed by atoms with van der Waals surface area (Å²) in [5.74, 6) is -14.7. The number of aryl methyl sites for hydroxylation is 1. The Labute approximate surface area is 119 Å². The molecule has 0 bridgehead atoms. The molecule has 0 radical (unpaired) electrons. The van der Waals surface area contributed by atoms with Crippen molar-refractivity contribution in [3.63, 3.8) is 0 Å². The predicted octanol–water partition coefficient (Wildman–Crippen LogP) is 4.19. The van der Waals surface area contributed by atoms with E-state index in [-0.39, 0.29) is 5.56 Å². The van der Waals surface area contributed by atoms with Gasteiger partial charge in [0.1, 0.15) is 5.82 Å². The first kappa shape index (κ1) is 15.9. The first-order chi connectivity index (χ1) is 10.2. The van der Waals surface area contributed by atoms with Crippen LogP contribution in [0.2, 0.25) is 0 Å². The summed E-state index contributed by atoms with van der Waals surface area (Å²) < 4.78 is 80.8. The minimum absolute atomic E-state index is 0.0716. The van der Waals surface area contributed by atoms with Gasteiger partial charge in [0.05, 0.1) is 11.1 Å². The maximum atomic E-state index is 14.1. The molecule has 8 heteroatoms. The summed E-state index contributed by atoms with van der Waals surface area (Å²) in [5, 5.41) is 8.87. The molecule has 0 fully saturated rings. The van der Waals surface area contributed by atoms with Gasteiger partial charge in [-0.1, -0.05) is 12.1 Å². The Bertz CT molecular complexity index is 772. The highest BCUT2D eigenvalue weighted by Crippen LogP contribution is 2.34. The highest BCUT2D eigenvalue weighted by Gasteiger charge is 2.29. The number of halogens is 6. The zero-order valence-electron chi connectivity index (χ0n) is 10.8.